The number of aliphatic imine (C=N–C) groups is 1. The van der Waals surface area contributed by atoms with E-state index in [0.29, 0.717) is 0 Å². The maximum Gasteiger partial charge on any atom is 0.193 e. The first-order valence-electron chi connectivity index (χ1n) is 11.1. The molecule has 4 rings (SSSR count). The van der Waals surface area contributed by atoms with Crippen molar-refractivity contribution in [3.05, 3.63) is 30.1 Å². The number of piperazine rings is 1. The lowest BCUT2D eigenvalue weighted by Crippen LogP contribution is -2.54. The Hall–Kier alpha value is -1.90. The van der Waals surface area contributed by atoms with E-state index in [1.165, 1.54) is 12.1 Å². The first-order chi connectivity index (χ1) is 14.7. The molecule has 3 heterocycles. The van der Waals surface area contributed by atoms with Crippen molar-refractivity contribution in [2.24, 2.45) is 4.99 Å². The summed E-state index contributed by atoms with van der Waals surface area (Å²) >= 11 is 0. The Morgan fingerprint density at radius 3 is 2.53 bits per heavy atom. The van der Waals surface area contributed by atoms with Crippen LogP contribution in [-0.2, 0) is 9.47 Å². The molecule has 2 unspecified atom stereocenters. The van der Waals surface area contributed by atoms with E-state index in [1.54, 1.807) is 0 Å². The minimum absolute atomic E-state index is 0.138. The summed E-state index contributed by atoms with van der Waals surface area (Å²) in [5.41, 5.74) is 1.10. The molecule has 0 amide bonds. The summed E-state index contributed by atoms with van der Waals surface area (Å²) < 4.78 is 24.9. The summed E-state index contributed by atoms with van der Waals surface area (Å²) in [7, 11) is 1.85. The SMILES string of the molecule is CN=C(NCCN1CCN(c2ccc(F)cc2)CC1)N1CCOC(C2CCCO2)C1. The van der Waals surface area contributed by atoms with E-state index >= 15 is 0 Å². The number of anilines is 1. The van der Waals surface area contributed by atoms with Crippen LogP contribution < -0.4 is 10.2 Å². The zero-order valence-corrected chi connectivity index (χ0v) is 17.9. The maximum atomic E-state index is 13.1. The third kappa shape index (κ3) is 5.42. The van der Waals surface area contributed by atoms with Crippen molar-refractivity contribution in [3.8, 4) is 0 Å². The maximum absolute atomic E-state index is 13.1. The van der Waals surface area contributed by atoms with Crippen LogP contribution in [0.4, 0.5) is 10.1 Å². The molecule has 0 radical (unpaired) electrons. The predicted octanol–water partition coefficient (Wildman–Crippen LogP) is 1.40. The van der Waals surface area contributed by atoms with Crippen LogP contribution in [-0.4, -0.2) is 101 Å². The fourth-order valence-electron chi connectivity index (χ4n) is 4.53. The average Bonchev–Trinajstić information content (AvgIpc) is 3.33. The Balaban J connectivity index is 1.18. The molecule has 30 heavy (non-hydrogen) atoms. The van der Waals surface area contributed by atoms with Crippen LogP contribution in [0.5, 0.6) is 0 Å². The Morgan fingerprint density at radius 2 is 1.83 bits per heavy atom. The molecule has 0 bridgehead atoms. The van der Waals surface area contributed by atoms with Crippen molar-refractivity contribution < 1.29 is 13.9 Å². The topological polar surface area (TPSA) is 52.6 Å². The molecular formula is C22H34FN5O2. The van der Waals surface area contributed by atoms with Crippen LogP contribution in [0.25, 0.3) is 0 Å². The third-order valence-corrected chi connectivity index (χ3v) is 6.26. The van der Waals surface area contributed by atoms with Gasteiger partial charge in [-0.25, -0.2) is 4.39 Å². The van der Waals surface area contributed by atoms with E-state index in [9.17, 15) is 4.39 Å². The number of nitrogens with one attached hydrogen (secondary N) is 1. The Bertz CT molecular complexity index is 687. The number of benzene rings is 1. The molecule has 0 aliphatic carbocycles. The minimum Gasteiger partial charge on any atom is -0.375 e. The zero-order valence-electron chi connectivity index (χ0n) is 17.9. The summed E-state index contributed by atoms with van der Waals surface area (Å²) in [5, 5.41) is 3.53. The number of guanidine groups is 1. The highest BCUT2D eigenvalue weighted by atomic mass is 19.1. The van der Waals surface area contributed by atoms with Gasteiger partial charge in [0.25, 0.3) is 0 Å². The molecule has 0 saturated carbocycles. The second-order valence-electron chi connectivity index (χ2n) is 8.19. The van der Waals surface area contributed by atoms with E-state index < -0.39 is 0 Å². The van der Waals surface area contributed by atoms with Gasteiger partial charge in [0.2, 0.25) is 0 Å². The van der Waals surface area contributed by atoms with E-state index in [2.05, 4.69) is 25.0 Å². The van der Waals surface area contributed by atoms with Crippen molar-refractivity contribution >= 4 is 11.6 Å². The molecule has 7 nitrogen and oxygen atoms in total. The Labute approximate surface area is 178 Å². The van der Waals surface area contributed by atoms with Crippen molar-refractivity contribution in [2.45, 2.75) is 25.0 Å². The van der Waals surface area contributed by atoms with Gasteiger partial charge in [-0.2, -0.15) is 0 Å². The molecular weight excluding hydrogens is 385 g/mol. The van der Waals surface area contributed by atoms with Gasteiger partial charge >= 0.3 is 0 Å². The summed E-state index contributed by atoms with van der Waals surface area (Å²) in [5.74, 6) is 0.769. The lowest BCUT2D eigenvalue weighted by Gasteiger charge is -2.38. The number of halogens is 1. The lowest BCUT2D eigenvalue weighted by atomic mass is 10.1. The monoisotopic (exact) mass is 419 g/mol. The van der Waals surface area contributed by atoms with Gasteiger partial charge in [-0.1, -0.05) is 0 Å². The van der Waals surface area contributed by atoms with Gasteiger partial charge in [-0.3, -0.25) is 9.89 Å². The normalized spacial score (nSPS) is 26.3. The van der Waals surface area contributed by atoms with Crippen molar-refractivity contribution in [1.82, 2.24) is 15.1 Å². The summed E-state index contributed by atoms with van der Waals surface area (Å²) in [6.45, 7) is 9.07. The second-order valence-corrected chi connectivity index (χ2v) is 8.19. The molecule has 1 aromatic rings. The van der Waals surface area contributed by atoms with Crippen LogP contribution in [0.2, 0.25) is 0 Å². The van der Waals surface area contributed by atoms with E-state index in [-0.39, 0.29) is 18.0 Å². The molecule has 3 aliphatic rings. The lowest BCUT2D eigenvalue weighted by molar-refractivity contribution is -0.0817. The third-order valence-electron chi connectivity index (χ3n) is 6.26. The number of morpholine rings is 1. The van der Waals surface area contributed by atoms with Crippen LogP contribution in [0.3, 0.4) is 0 Å². The number of hydrogen-bond donors (Lipinski definition) is 1. The van der Waals surface area contributed by atoms with E-state index in [1.807, 2.05) is 19.2 Å². The highest BCUT2D eigenvalue weighted by Crippen LogP contribution is 2.21. The number of hydrogen-bond acceptors (Lipinski definition) is 5. The Morgan fingerprint density at radius 1 is 1.07 bits per heavy atom. The number of ether oxygens (including phenoxy) is 2. The van der Waals surface area contributed by atoms with Gasteiger partial charge in [-0.15, -0.1) is 0 Å². The smallest absolute Gasteiger partial charge is 0.193 e. The molecule has 8 heteroatoms. The van der Waals surface area contributed by atoms with Gasteiger partial charge in [-0.05, 0) is 37.1 Å². The van der Waals surface area contributed by atoms with Gasteiger partial charge in [0, 0.05) is 71.7 Å². The van der Waals surface area contributed by atoms with Crippen LogP contribution >= 0.6 is 0 Å². The number of nitrogens with zero attached hydrogens (tertiary/aromatic N) is 4. The summed E-state index contributed by atoms with van der Waals surface area (Å²) in [4.78, 5) is 11.6. The minimum atomic E-state index is -0.181. The average molecular weight is 420 g/mol. The molecule has 0 aromatic heterocycles. The van der Waals surface area contributed by atoms with Crippen molar-refractivity contribution in [3.63, 3.8) is 0 Å². The molecule has 1 aromatic carbocycles. The molecule has 3 aliphatic heterocycles. The molecule has 3 saturated heterocycles. The molecule has 166 valence electrons. The van der Waals surface area contributed by atoms with Crippen molar-refractivity contribution in [1.29, 1.82) is 0 Å². The Kier molecular flexibility index (Phi) is 7.41. The zero-order chi connectivity index (χ0) is 20.8. The molecule has 3 fully saturated rings. The fraction of sp³-hybridized carbons (Fsp3) is 0.682. The van der Waals surface area contributed by atoms with Gasteiger partial charge < -0.3 is 24.6 Å². The fourth-order valence-corrected chi connectivity index (χ4v) is 4.53. The summed E-state index contributed by atoms with van der Waals surface area (Å²) in [6, 6.07) is 6.80. The predicted molar refractivity (Wildman–Crippen MR) is 117 cm³/mol. The molecule has 0 spiro atoms. The van der Waals surface area contributed by atoms with Gasteiger partial charge in [0.1, 0.15) is 11.9 Å². The van der Waals surface area contributed by atoms with Gasteiger partial charge in [0.05, 0.1) is 12.7 Å². The highest BCUT2D eigenvalue weighted by Gasteiger charge is 2.32. The molecule has 1 N–H and O–H groups in total. The largest absolute Gasteiger partial charge is 0.375 e. The van der Waals surface area contributed by atoms with Crippen molar-refractivity contribution in [2.75, 3.05) is 77.5 Å². The first kappa shape index (κ1) is 21.3. The quantitative estimate of drug-likeness (QED) is 0.575. The second kappa shape index (κ2) is 10.4. The highest BCUT2D eigenvalue weighted by molar-refractivity contribution is 5.80. The number of rotatable bonds is 5. The van der Waals surface area contributed by atoms with Crippen LogP contribution in [0.1, 0.15) is 12.8 Å². The summed E-state index contributed by atoms with van der Waals surface area (Å²) in [6.07, 6.45) is 2.59. The van der Waals surface area contributed by atoms with E-state index in [0.717, 1.165) is 90.1 Å². The van der Waals surface area contributed by atoms with Crippen LogP contribution in [0.15, 0.2) is 29.3 Å². The molecule has 2 atom stereocenters. The van der Waals surface area contributed by atoms with E-state index in [4.69, 9.17) is 9.47 Å². The van der Waals surface area contributed by atoms with Gasteiger partial charge in [0.15, 0.2) is 5.96 Å². The first-order valence-corrected chi connectivity index (χ1v) is 11.1. The van der Waals surface area contributed by atoms with Crippen LogP contribution in [0, 0.1) is 5.82 Å². The standard InChI is InChI=1S/C22H34FN5O2/c1-24-22(28-14-16-30-21(17-28)20-3-2-15-29-20)25-8-9-26-10-12-27(13-11-26)19-6-4-18(23)5-7-19/h4-7,20-21H,2-3,8-17H2,1H3,(H,24,25).